The molecule has 3 rings (SSSR count). The van der Waals surface area contributed by atoms with E-state index in [4.69, 9.17) is 9.84 Å². The molecular weight excluding hydrogens is 272 g/mol. The van der Waals surface area contributed by atoms with Crippen molar-refractivity contribution in [1.29, 1.82) is 0 Å². The van der Waals surface area contributed by atoms with Gasteiger partial charge in [0.05, 0.1) is 17.5 Å². The van der Waals surface area contributed by atoms with E-state index in [1.165, 1.54) is 12.1 Å². The van der Waals surface area contributed by atoms with Gasteiger partial charge in [0.15, 0.2) is 11.5 Å². The average Bonchev–Trinajstić information content (AvgIpc) is 2.88. The number of hydrogen-bond donors (Lipinski definition) is 2. The summed E-state index contributed by atoms with van der Waals surface area (Å²) >= 11 is 0. The minimum Gasteiger partial charge on any atom is -0.504 e. The third-order valence-corrected chi connectivity index (χ3v) is 3.08. The summed E-state index contributed by atoms with van der Waals surface area (Å²) in [7, 11) is 0. The predicted molar refractivity (Wildman–Crippen MR) is 74.6 cm³/mol. The number of carboxylic acids is 1. The number of carboxylic acid groups (broad SMARTS) is 1. The molecule has 0 radical (unpaired) electrons. The topological polar surface area (TPSA) is 84.1 Å². The summed E-state index contributed by atoms with van der Waals surface area (Å²) < 4.78 is 7.28. The molecule has 6 heteroatoms. The maximum atomic E-state index is 10.9. The number of fused-ring (bicyclic) bond motifs is 1. The van der Waals surface area contributed by atoms with Crippen molar-refractivity contribution < 1.29 is 19.7 Å². The van der Waals surface area contributed by atoms with E-state index in [0.29, 0.717) is 11.4 Å². The number of ether oxygens (including phenoxy) is 1. The van der Waals surface area contributed by atoms with E-state index in [9.17, 15) is 9.90 Å². The van der Waals surface area contributed by atoms with Crippen molar-refractivity contribution >= 4 is 11.6 Å². The molecule has 21 heavy (non-hydrogen) atoms. The van der Waals surface area contributed by atoms with Crippen LogP contribution in [0.5, 0.6) is 11.5 Å². The Bertz CT molecular complexity index is 810. The largest absolute Gasteiger partial charge is 0.504 e. The molecule has 0 aliphatic heterocycles. The van der Waals surface area contributed by atoms with Crippen molar-refractivity contribution in [3.05, 3.63) is 60.0 Å². The molecule has 2 aromatic heterocycles. The first-order valence-corrected chi connectivity index (χ1v) is 6.25. The van der Waals surface area contributed by atoms with Crippen molar-refractivity contribution in [2.24, 2.45) is 0 Å². The van der Waals surface area contributed by atoms with Gasteiger partial charge in [-0.15, -0.1) is 0 Å². The first kappa shape index (κ1) is 13.0. The maximum absolute atomic E-state index is 10.9. The number of carbonyl (C=O) groups is 1. The number of hydrogen-bond acceptors (Lipinski definition) is 4. The summed E-state index contributed by atoms with van der Waals surface area (Å²) in [5, 5.41) is 18.6. The molecular formula is C15H12N2O4. The fourth-order valence-corrected chi connectivity index (χ4v) is 2.00. The van der Waals surface area contributed by atoms with Crippen molar-refractivity contribution in [2.75, 3.05) is 0 Å². The number of pyridine rings is 1. The Morgan fingerprint density at radius 1 is 1.29 bits per heavy atom. The van der Waals surface area contributed by atoms with Gasteiger partial charge < -0.3 is 19.4 Å². The van der Waals surface area contributed by atoms with Crippen LogP contribution in [0.25, 0.3) is 5.65 Å². The van der Waals surface area contributed by atoms with Crippen molar-refractivity contribution in [3.63, 3.8) is 0 Å². The molecule has 3 aromatic rings. The van der Waals surface area contributed by atoms with Crippen LogP contribution in [0.3, 0.4) is 0 Å². The van der Waals surface area contributed by atoms with Crippen LogP contribution in [0.4, 0.5) is 0 Å². The zero-order chi connectivity index (χ0) is 14.8. The lowest BCUT2D eigenvalue weighted by Gasteiger charge is -2.07. The molecule has 2 heterocycles. The molecule has 0 amide bonds. The Balaban J connectivity index is 1.85. The molecule has 0 spiro atoms. The number of aromatic nitrogens is 2. The number of phenols is 1. The predicted octanol–water partition coefficient (Wildman–Crippen LogP) is 2.32. The van der Waals surface area contributed by atoms with E-state index in [1.54, 1.807) is 41.1 Å². The van der Waals surface area contributed by atoms with Crippen LogP contribution >= 0.6 is 0 Å². The molecule has 2 N–H and O–H groups in total. The quantitative estimate of drug-likeness (QED) is 0.768. The summed E-state index contributed by atoms with van der Waals surface area (Å²) in [5.41, 5.74) is 1.47. The summed E-state index contributed by atoms with van der Waals surface area (Å²) in [6.45, 7) is 0.213. The Morgan fingerprint density at radius 3 is 2.86 bits per heavy atom. The molecule has 0 saturated carbocycles. The van der Waals surface area contributed by atoms with Gasteiger partial charge in [0.1, 0.15) is 12.3 Å². The standard InChI is InChI=1S/C15H12N2O4/c18-12-3-1-2-4-13(12)21-9-11-8-16-14-7-10(15(19)20)5-6-17(11)14/h1-8,18H,9H2,(H,19,20). The van der Waals surface area contributed by atoms with Gasteiger partial charge in [0.2, 0.25) is 0 Å². The molecule has 0 bridgehead atoms. The van der Waals surface area contributed by atoms with Gasteiger partial charge in [-0.2, -0.15) is 0 Å². The number of benzene rings is 1. The van der Waals surface area contributed by atoms with Crippen molar-refractivity contribution in [3.8, 4) is 11.5 Å². The van der Waals surface area contributed by atoms with Crippen LogP contribution in [0.2, 0.25) is 0 Å². The SMILES string of the molecule is O=C(O)c1ccn2c(COc3ccccc3O)cnc2c1. The van der Waals surface area contributed by atoms with E-state index >= 15 is 0 Å². The normalized spacial score (nSPS) is 10.7. The Hall–Kier alpha value is -3.02. The number of phenolic OH excluding ortho intramolecular Hbond substituents is 1. The third kappa shape index (κ3) is 2.51. The molecule has 1 aromatic carbocycles. The molecule has 0 aliphatic rings. The lowest BCUT2D eigenvalue weighted by molar-refractivity contribution is 0.0697. The minimum absolute atomic E-state index is 0.0690. The zero-order valence-electron chi connectivity index (χ0n) is 10.9. The summed E-state index contributed by atoms with van der Waals surface area (Å²) in [6, 6.07) is 9.68. The minimum atomic E-state index is -0.993. The van der Waals surface area contributed by atoms with Crippen LogP contribution in [-0.4, -0.2) is 25.6 Å². The van der Waals surface area contributed by atoms with Crippen LogP contribution in [0.1, 0.15) is 16.1 Å². The third-order valence-electron chi connectivity index (χ3n) is 3.08. The lowest BCUT2D eigenvalue weighted by Crippen LogP contribution is -2.01. The fourth-order valence-electron chi connectivity index (χ4n) is 2.00. The lowest BCUT2D eigenvalue weighted by atomic mass is 10.3. The first-order valence-electron chi connectivity index (χ1n) is 6.25. The highest BCUT2D eigenvalue weighted by Crippen LogP contribution is 2.25. The van der Waals surface area contributed by atoms with Crippen LogP contribution < -0.4 is 4.74 Å². The highest BCUT2D eigenvalue weighted by molar-refractivity contribution is 5.88. The Morgan fingerprint density at radius 2 is 2.10 bits per heavy atom. The van der Waals surface area contributed by atoms with Gasteiger partial charge >= 0.3 is 5.97 Å². The molecule has 0 fully saturated rings. The van der Waals surface area contributed by atoms with Crippen molar-refractivity contribution in [1.82, 2.24) is 9.38 Å². The van der Waals surface area contributed by atoms with Gasteiger partial charge in [-0.1, -0.05) is 12.1 Å². The highest BCUT2D eigenvalue weighted by Gasteiger charge is 2.09. The molecule has 0 atom stereocenters. The van der Waals surface area contributed by atoms with Gasteiger partial charge in [-0.25, -0.2) is 9.78 Å². The molecule has 6 nitrogen and oxygen atoms in total. The number of aromatic hydroxyl groups is 1. The second kappa shape index (κ2) is 5.16. The second-order valence-electron chi connectivity index (χ2n) is 4.45. The van der Waals surface area contributed by atoms with Crippen LogP contribution in [0, 0.1) is 0 Å². The maximum Gasteiger partial charge on any atom is 0.335 e. The number of nitrogens with zero attached hydrogens (tertiary/aromatic N) is 2. The van der Waals surface area contributed by atoms with Gasteiger partial charge in [0, 0.05) is 6.20 Å². The monoisotopic (exact) mass is 284 g/mol. The van der Waals surface area contributed by atoms with E-state index in [0.717, 1.165) is 5.69 Å². The van der Waals surface area contributed by atoms with Crippen LogP contribution in [-0.2, 0) is 6.61 Å². The van der Waals surface area contributed by atoms with E-state index < -0.39 is 5.97 Å². The van der Waals surface area contributed by atoms with E-state index in [2.05, 4.69) is 4.98 Å². The smallest absolute Gasteiger partial charge is 0.335 e. The highest BCUT2D eigenvalue weighted by atomic mass is 16.5. The summed E-state index contributed by atoms with van der Waals surface area (Å²) in [6.07, 6.45) is 3.25. The summed E-state index contributed by atoms with van der Waals surface area (Å²) in [4.78, 5) is 15.1. The number of imidazole rings is 1. The Labute approximate surface area is 119 Å². The summed E-state index contributed by atoms with van der Waals surface area (Å²) in [5.74, 6) is -0.540. The fraction of sp³-hybridized carbons (Fsp3) is 0.0667. The molecule has 0 saturated heterocycles. The van der Waals surface area contributed by atoms with Crippen molar-refractivity contribution in [2.45, 2.75) is 6.61 Å². The van der Waals surface area contributed by atoms with Gasteiger partial charge in [0.25, 0.3) is 0 Å². The number of aromatic carboxylic acids is 1. The van der Waals surface area contributed by atoms with E-state index in [-0.39, 0.29) is 17.9 Å². The van der Waals surface area contributed by atoms with E-state index in [1.807, 2.05) is 0 Å². The second-order valence-corrected chi connectivity index (χ2v) is 4.45. The first-order chi connectivity index (χ1) is 10.1. The van der Waals surface area contributed by atoms with Gasteiger partial charge in [-0.05, 0) is 24.3 Å². The molecule has 0 aliphatic carbocycles. The molecule has 0 unspecified atom stereocenters. The molecule has 106 valence electrons. The van der Waals surface area contributed by atoms with Crippen LogP contribution in [0.15, 0.2) is 48.8 Å². The van der Waals surface area contributed by atoms with Gasteiger partial charge in [-0.3, -0.25) is 0 Å². The number of rotatable bonds is 4. The average molecular weight is 284 g/mol. The Kier molecular flexibility index (Phi) is 3.19. The zero-order valence-corrected chi connectivity index (χ0v) is 10.9. The number of para-hydroxylation sites is 2.